The molecule has 0 aliphatic rings. The van der Waals surface area contributed by atoms with Crippen LogP contribution in [0.5, 0.6) is 0 Å². The number of anilines is 2. The highest BCUT2D eigenvalue weighted by Gasteiger charge is 2.13. The van der Waals surface area contributed by atoms with Gasteiger partial charge in [-0.2, -0.15) is 0 Å². The zero-order valence-electron chi connectivity index (χ0n) is 13.5. The van der Waals surface area contributed by atoms with Crippen molar-refractivity contribution in [1.82, 2.24) is 0 Å². The molecule has 0 spiro atoms. The van der Waals surface area contributed by atoms with Gasteiger partial charge in [0, 0.05) is 18.4 Å². The maximum Gasteiger partial charge on any atom is 0.0410 e. The van der Waals surface area contributed by atoms with E-state index in [0.29, 0.717) is 0 Å². The zero-order chi connectivity index (χ0) is 14.9. The fourth-order valence-corrected chi connectivity index (χ4v) is 2.27. The van der Waals surface area contributed by atoms with Crippen molar-refractivity contribution in [2.75, 3.05) is 11.9 Å². The highest BCUT2D eigenvalue weighted by atomic mass is 15.1. The summed E-state index contributed by atoms with van der Waals surface area (Å²) >= 11 is 0. The second-order valence-corrected chi connectivity index (χ2v) is 6.62. The van der Waals surface area contributed by atoms with Gasteiger partial charge in [0.2, 0.25) is 0 Å². The maximum absolute atomic E-state index is 2.25. The van der Waals surface area contributed by atoms with Crippen molar-refractivity contribution in [1.29, 1.82) is 0 Å². The van der Waals surface area contributed by atoms with Crippen molar-refractivity contribution in [3.63, 3.8) is 0 Å². The quantitative estimate of drug-likeness (QED) is 0.707. The summed E-state index contributed by atoms with van der Waals surface area (Å²) in [4.78, 5) is 2.24. The fourth-order valence-electron chi connectivity index (χ4n) is 2.27. The first kappa shape index (κ1) is 14.6. The minimum Gasteiger partial charge on any atom is -0.345 e. The molecule has 2 rings (SSSR count). The van der Waals surface area contributed by atoms with E-state index in [4.69, 9.17) is 0 Å². The first-order valence-electron chi connectivity index (χ1n) is 7.20. The molecule has 0 radical (unpaired) electrons. The molecule has 0 aliphatic heterocycles. The molecule has 0 saturated carbocycles. The second kappa shape index (κ2) is 5.32. The van der Waals surface area contributed by atoms with E-state index in [1.165, 1.54) is 28.1 Å². The summed E-state index contributed by atoms with van der Waals surface area (Å²) in [7, 11) is 2.12. The Morgan fingerprint density at radius 2 is 1.30 bits per heavy atom. The van der Waals surface area contributed by atoms with Crippen LogP contribution in [0.2, 0.25) is 0 Å². The molecule has 1 nitrogen and oxygen atoms in total. The third-order valence-electron chi connectivity index (χ3n) is 4.00. The largest absolute Gasteiger partial charge is 0.345 e. The molecule has 0 unspecified atom stereocenters. The Bertz CT molecular complexity index is 588. The van der Waals surface area contributed by atoms with Gasteiger partial charge in [0.05, 0.1) is 0 Å². The van der Waals surface area contributed by atoms with Crippen LogP contribution in [-0.2, 0) is 5.41 Å². The molecular formula is C19H25N. The molecule has 20 heavy (non-hydrogen) atoms. The third kappa shape index (κ3) is 3.04. The minimum absolute atomic E-state index is 0.206. The summed E-state index contributed by atoms with van der Waals surface area (Å²) in [5.41, 5.74) is 6.70. The van der Waals surface area contributed by atoms with Crippen molar-refractivity contribution in [3.8, 4) is 0 Å². The van der Waals surface area contributed by atoms with Crippen LogP contribution in [-0.4, -0.2) is 7.05 Å². The molecule has 0 heterocycles. The second-order valence-electron chi connectivity index (χ2n) is 6.62. The monoisotopic (exact) mass is 267 g/mol. The molecule has 0 amide bonds. The molecule has 0 fully saturated rings. The van der Waals surface area contributed by atoms with E-state index >= 15 is 0 Å². The van der Waals surface area contributed by atoms with Crippen LogP contribution in [0.4, 0.5) is 11.4 Å². The molecule has 0 bridgehead atoms. The number of rotatable bonds is 2. The average molecular weight is 267 g/mol. The summed E-state index contributed by atoms with van der Waals surface area (Å²) in [6, 6.07) is 15.5. The first-order chi connectivity index (χ1) is 9.29. The average Bonchev–Trinajstić information content (AvgIpc) is 2.40. The molecular weight excluding hydrogens is 242 g/mol. The van der Waals surface area contributed by atoms with Gasteiger partial charge in [-0.3, -0.25) is 0 Å². The Kier molecular flexibility index (Phi) is 3.89. The van der Waals surface area contributed by atoms with E-state index in [-0.39, 0.29) is 5.41 Å². The highest BCUT2D eigenvalue weighted by molar-refractivity contribution is 5.64. The Morgan fingerprint density at radius 3 is 1.80 bits per heavy atom. The molecule has 0 aromatic heterocycles. The molecule has 2 aromatic carbocycles. The van der Waals surface area contributed by atoms with Crippen LogP contribution < -0.4 is 4.90 Å². The Hall–Kier alpha value is -1.76. The van der Waals surface area contributed by atoms with Crippen LogP contribution >= 0.6 is 0 Å². The number of hydrogen-bond acceptors (Lipinski definition) is 1. The van der Waals surface area contributed by atoms with E-state index in [1.54, 1.807) is 0 Å². The van der Waals surface area contributed by atoms with Gasteiger partial charge in [-0.1, -0.05) is 39.0 Å². The van der Waals surface area contributed by atoms with Crippen LogP contribution in [0.1, 0.15) is 37.5 Å². The van der Waals surface area contributed by atoms with Gasteiger partial charge in [0.15, 0.2) is 0 Å². The number of hydrogen-bond donors (Lipinski definition) is 0. The summed E-state index contributed by atoms with van der Waals surface area (Å²) in [5, 5.41) is 0. The minimum atomic E-state index is 0.206. The summed E-state index contributed by atoms with van der Waals surface area (Å²) < 4.78 is 0. The number of aryl methyl sites for hydroxylation is 2. The molecule has 2 aromatic rings. The van der Waals surface area contributed by atoms with Crippen LogP contribution in [0.15, 0.2) is 42.5 Å². The molecule has 0 aliphatic carbocycles. The third-order valence-corrected chi connectivity index (χ3v) is 4.00. The predicted molar refractivity (Wildman–Crippen MR) is 89.1 cm³/mol. The van der Waals surface area contributed by atoms with E-state index < -0.39 is 0 Å². The van der Waals surface area contributed by atoms with E-state index in [1.807, 2.05) is 0 Å². The lowest BCUT2D eigenvalue weighted by Gasteiger charge is -2.23. The Morgan fingerprint density at radius 1 is 0.750 bits per heavy atom. The smallest absolute Gasteiger partial charge is 0.0410 e. The lowest BCUT2D eigenvalue weighted by molar-refractivity contribution is 0.590. The molecule has 1 heteroatoms. The Labute approximate surface area is 123 Å². The summed E-state index contributed by atoms with van der Waals surface area (Å²) in [6.07, 6.45) is 0. The van der Waals surface area contributed by atoms with Crippen molar-refractivity contribution in [2.24, 2.45) is 0 Å². The van der Waals surface area contributed by atoms with Crippen LogP contribution in [0, 0.1) is 13.8 Å². The van der Waals surface area contributed by atoms with Gasteiger partial charge < -0.3 is 4.90 Å². The van der Waals surface area contributed by atoms with E-state index in [9.17, 15) is 0 Å². The lowest BCUT2D eigenvalue weighted by Crippen LogP contribution is -2.13. The van der Waals surface area contributed by atoms with Gasteiger partial charge in [-0.25, -0.2) is 0 Å². The predicted octanol–water partition coefficient (Wildman–Crippen LogP) is 5.37. The first-order valence-corrected chi connectivity index (χ1v) is 7.20. The Balaban J connectivity index is 2.29. The van der Waals surface area contributed by atoms with Gasteiger partial charge in [-0.15, -0.1) is 0 Å². The summed E-state index contributed by atoms with van der Waals surface area (Å²) in [6.45, 7) is 11.0. The normalized spacial score (nSPS) is 11.5. The zero-order valence-corrected chi connectivity index (χ0v) is 13.5. The van der Waals surface area contributed by atoms with Crippen molar-refractivity contribution >= 4 is 11.4 Å². The summed E-state index contributed by atoms with van der Waals surface area (Å²) in [5.74, 6) is 0. The fraction of sp³-hybridized carbons (Fsp3) is 0.368. The van der Waals surface area contributed by atoms with E-state index in [0.717, 1.165) is 0 Å². The molecule has 0 N–H and O–H groups in total. The highest BCUT2D eigenvalue weighted by Crippen LogP contribution is 2.28. The van der Waals surface area contributed by atoms with Crippen molar-refractivity contribution < 1.29 is 0 Å². The SMILES string of the molecule is Cc1ccc(N(C)c2ccc(C(C)(C)C)cc2)cc1C. The molecule has 0 saturated heterocycles. The van der Waals surface area contributed by atoms with Crippen molar-refractivity contribution in [3.05, 3.63) is 59.2 Å². The molecule has 0 atom stereocenters. The molecule has 106 valence electrons. The topological polar surface area (TPSA) is 3.24 Å². The van der Waals surface area contributed by atoms with Gasteiger partial charge in [-0.05, 0) is 60.2 Å². The van der Waals surface area contributed by atoms with E-state index in [2.05, 4.69) is 89.0 Å². The van der Waals surface area contributed by atoms with Gasteiger partial charge in [0.25, 0.3) is 0 Å². The maximum atomic E-state index is 2.25. The lowest BCUT2D eigenvalue weighted by atomic mass is 9.87. The number of benzene rings is 2. The number of nitrogens with zero attached hydrogens (tertiary/aromatic N) is 1. The van der Waals surface area contributed by atoms with Gasteiger partial charge in [0.1, 0.15) is 0 Å². The standard InChI is InChI=1S/C19H25N/c1-14-7-10-18(13-15(14)2)20(6)17-11-8-16(9-12-17)19(3,4)5/h7-13H,1-6H3. The van der Waals surface area contributed by atoms with Gasteiger partial charge >= 0.3 is 0 Å². The van der Waals surface area contributed by atoms with Crippen LogP contribution in [0.25, 0.3) is 0 Å². The van der Waals surface area contributed by atoms with Crippen molar-refractivity contribution in [2.45, 2.75) is 40.0 Å². The van der Waals surface area contributed by atoms with Crippen LogP contribution in [0.3, 0.4) is 0 Å².